The van der Waals surface area contributed by atoms with Crippen LogP contribution in [-0.2, 0) is 16.1 Å². The number of hydrogen-bond donors (Lipinski definition) is 1. The highest BCUT2D eigenvalue weighted by Gasteiger charge is 2.37. The van der Waals surface area contributed by atoms with Gasteiger partial charge in [0.25, 0.3) is 0 Å². The van der Waals surface area contributed by atoms with E-state index >= 15 is 0 Å². The van der Waals surface area contributed by atoms with Crippen molar-refractivity contribution in [2.24, 2.45) is 11.8 Å². The van der Waals surface area contributed by atoms with Crippen LogP contribution < -0.4 is 5.32 Å². The topological polar surface area (TPSA) is 52.7 Å². The molecule has 1 aromatic carbocycles. The van der Waals surface area contributed by atoms with Crippen LogP contribution in [0.15, 0.2) is 30.3 Å². The fourth-order valence-electron chi connectivity index (χ4n) is 4.61. The zero-order chi connectivity index (χ0) is 19.3. The van der Waals surface area contributed by atoms with Gasteiger partial charge < -0.3 is 15.1 Å². The number of carbonyl (C=O) groups is 2. The third kappa shape index (κ3) is 4.93. The number of carbonyl (C=O) groups excluding carboxylic acids is 2. The van der Waals surface area contributed by atoms with E-state index in [0.717, 1.165) is 64.8 Å². The van der Waals surface area contributed by atoms with Crippen molar-refractivity contribution in [2.75, 3.05) is 26.2 Å². The van der Waals surface area contributed by atoms with Crippen LogP contribution in [0.2, 0.25) is 0 Å². The highest BCUT2D eigenvalue weighted by Crippen LogP contribution is 2.32. The first-order chi connectivity index (χ1) is 13.7. The third-order valence-electron chi connectivity index (χ3n) is 6.59. The molecule has 5 nitrogen and oxygen atoms in total. The van der Waals surface area contributed by atoms with Gasteiger partial charge in [-0.2, -0.15) is 0 Å². The number of hydrogen-bond acceptors (Lipinski definition) is 3. The largest absolute Gasteiger partial charge is 0.343 e. The van der Waals surface area contributed by atoms with Crippen LogP contribution in [0, 0.1) is 11.8 Å². The van der Waals surface area contributed by atoms with E-state index in [1.807, 2.05) is 23.1 Å². The fourth-order valence-corrected chi connectivity index (χ4v) is 4.61. The summed E-state index contributed by atoms with van der Waals surface area (Å²) in [4.78, 5) is 29.8. The van der Waals surface area contributed by atoms with E-state index in [2.05, 4.69) is 22.3 Å². The number of nitrogens with zero attached hydrogens (tertiary/aromatic N) is 2. The van der Waals surface area contributed by atoms with Crippen LogP contribution in [-0.4, -0.2) is 53.8 Å². The van der Waals surface area contributed by atoms with Gasteiger partial charge in [0.2, 0.25) is 11.8 Å². The zero-order valence-corrected chi connectivity index (χ0v) is 16.8. The molecule has 1 saturated carbocycles. The van der Waals surface area contributed by atoms with Crippen molar-refractivity contribution in [3.05, 3.63) is 35.9 Å². The van der Waals surface area contributed by atoms with Crippen LogP contribution in [0.1, 0.15) is 50.5 Å². The number of nitrogens with one attached hydrogen (secondary N) is 1. The molecule has 0 bridgehead atoms. The Morgan fingerprint density at radius 2 is 1.79 bits per heavy atom. The van der Waals surface area contributed by atoms with Crippen molar-refractivity contribution in [1.82, 2.24) is 15.1 Å². The van der Waals surface area contributed by atoms with E-state index in [0.29, 0.717) is 24.3 Å². The van der Waals surface area contributed by atoms with E-state index in [9.17, 15) is 9.59 Å². The number of amides is 2. The Morgan fingerprint density at radius 1 is 1.04 bits per heavy atom. The van der Waals surface area contributed by atoms with Crippen molar-refractivity contribution in [3.63, 3.8) is 0 Å². The predicted octanol–water partition coefficient (Wildman–Crippen LogP) is 2.81. The minimum atomic E-state index is 0.0763. The van der Waals surface area contributed by atoms with Gasteiger partial charge in [0.15, 0.2) is 0 Å². The molecule has 5 heteroatoms. The molecule has 0 radical (unpaired) electrons. The molecular formula is C23H33N3O2. The molecule has 28 heavy (non-hydrogen) atoms. The van der Waals surface area contributed by atoms with Crippen LogP contribution in [0.3, 0.4) is 0 Å². The molecule has 0 spiro atoms. The molecule has 1 aromatic rings. The van der Waals surface area contributed by atoms with E-state index < -0.39 is 0 Å². The Kier molecular flexibility index (Phi) is 6.30. The molecule has 0 aromatic heterocycles. The second-order valence-corrected chi connectivity index (χ2v) is 8.74. The van der Waals surface area contributed by atoms with Crippen LogP contribution >= 0.6 is 0 Å². The smallest absolute Gasteiger partial charge is 0.226 e. The molecular weight excluding hydrogens is 350 g/mol. The summed E-state index contributed by atoms with van der Waals surface area (Å²) in [6, 6.07) is 10.7. The molecule has 4 rings (SSSR count). The first-order valence-corrected chi connectivity index (χ1v) is 11.0. The molecule has 2 amide bonds. The number of piperidine rings is 1. The van der Waals surface area contributed by atoms with Gasteiger partial charge in [-0.3, -0.25) is 9.59 Å². The lowest BCUT2D eigenvalue weighted by Gasteiger charge is -2.34. The maximum absolute atomic E-state index is 13.2. The van der Waals surface area contributed by atoms with Gasteiger partial charge in [-0.1, -0.05) is 30.3 Å². The summed E-state index contributed by atoms with van der Waals surface area (Å²) in [5.74, 6) is 1.32. The maximum atomic E-state index is 13.2. The van der Waals surface area contributed by atoms with Crippen LogP contribution in [0.4, 0.5) is 0 Å². The van der Waals surface area contributed by atoms with Crippen molar-refractivity contribution >= 4 is 11.8 Å². The van der Waals surface area contributed by atoms with Crippen LogP contribution in [0.25, 0.3) is 0 Å². The predicted molar refractivity (Wildman–Crippen MR) is 110 cm³/mol. The molecule has 1 unspecified atom stereocenters. The molecule has 2 saturated heterocycles. The zero-order valence-electron chi connectivity index (χ0n) is 16.8. The maximum Gasteiger partial charge on any atom is 0.226 e. The summed E-state index contributed by atoms with van der Waals surface area (Å²) in [6.07, 6.45) is 6.74. The monoisotopic (exact) mass is 383 g/mol. The van der Waals surface area contributed by atoms with Gasteiger partial charge in [0, 0.05) is 38.0 Å². The number of rotatable bonds is 7. The quantitative estimate of drug-likeness (QED) is 0.788. The number of likely N-dealkylation sites (tertiary alicyclic amines) is 1. The van der Waals surface area contributed by atoms with Gasteiger partial charge in [-0.25, -0.2) is 0 Å². The molecule has 152 valence electrons. The third-order valence-corrected chi connectivity index (χ3v) is 6.59. The van der Waals surface area contributed by atoms with Gasteiger partial charge in [0.05, 0.1) is 0 Å². The van der Waals surface area contributed by atoms with E-state index in [1.165, 1.54) is 12.0 Å². The molecule has 2 aliphatic heterocycles. The summed E-state index contributed by atoms with van der Waals surface area (Å²) in [5.41, 5.74) is 1.21. The second-order valence-electron chi connectivity index (χ2n) is 8.74. The highest BCUT2D eigenvalue weighted by molar-refractivity contribution is 5.80. The Balaban J connectivity index is 1.26. The van der Waals surface area contributed by atoms with Crippen molar-refractivity contribution in [1.29, 1.82) is 0 Å². The summed E-state index contributed by atoms with van der Waals surface area (Å²) in [7, 11) is 0. The Hall–Kier alpha value is -1.88. The summed E-state index contributed by atoms with van der Waals surface area (Å²) < 4.78 is 0. The lowest BCUT2D eigenvalue weighted by Crippen LogP contribution is -2.45. The van der Waals surface area contributed by atoms with E-state index in [4.69, 9.17) is 0 Å². The first kappa shape index (κ1) is 19.4. The van der Waals surface area contributed by atoms with Gasteiger partial charge in [0.1, 0.15) is 0 Å². The Bertz CT molecular complexity index is 660. The summed E-state index contributed by atoms with van der Waals surface area (Å²) in [6.45, 7) is 4.35. The Morgan fingerprint density at radius 3 is 2.43 bits per heavy atom. The first-order valence-electron chi connectivity index (χ1n) is 11.0. The van der Waals surface area contributed by atoms with Crippen LogP contribution in [0.5, 0.6) is 0 Å². The van der Waals surface area contributed by atoms with Gasteiger partial charge in [-0.15, -0.1) is 0 Å². The Labute approximate surface area is 168 Å². The standard InChI is InChI=1S/C23H33N3O2/c27-22(9-6-18-10-13-24-16-18)25-14-11-20(12-15-25)23(28)26(21-7-8-21)17-19-4-2-1-3-5-19/h1-5,18,20-21,24H,6-17H2. The van der Waals surface area contributed by atoms with Crippen molar-refractivity contribution in [2.45, 2.75) is 57.5 Å². The second kappa shape index (κ2) is 9.08. The average Bonchev–Trinajstić information content (AvgIpc) is 3.45. The summed E-state index contributed by atoms with van der Waals surface area (Å²) >= 11 is 0. The molecule has 2 heterocycles. The molecule has 1 atom stereocenters. The lowest BCUT2D eigenvalue weighted by atomic mass is 9.94. The normalized spacial score (nSPS) is 23.0. The summed E-state index contributed by atoms with van der Waals surface area (Å²) in [5, 5.41) is 3.37. The lowest BCUT2D eigenvalue weighted by molar-refractivity contribution is -0.141. The highest BCUT2D eigenvalue weighted by atomic mass is 16.2. The van der Waals surface area contributed by atoms with Crippen molar-refractivity contribution < 1.29 is 9.59 Å². The average molecular weight is 384 g/mol. The fraction of sp³-hybridized carbons (Fsp3) is 0.652. The minimum Gasteiger partial charge on any atom is -0.343 e. The minimum absolute atomic E-state index is 0.0763. The van der Waals surface area contributed by atoms with E-state index in [1.54, 1.807) is 0 Å². The van der Waals surface area contributed by atoms with Gasteiger partial charge >= 0.3 is 0 Å². The molecule has 3 fully saturated rings. The molecule has 1 aliphatic carbocycles. The van der Waals surface area contributed by atoms with E-state index in [-0.39, 0.29) is 11.8 Å². The molecule has 3 aliphatic rings. The molecule has 1 N–H and O–H groups in total. The van der Waals surface area contributed by atoms with Gasteiger partial charge in [-0.05, 0) is 63.1 Å². The SMILES string of the molecule is O=C(CCC1CCNC1)N1CCC(C(=O)N(Cc2ccccc2)C2CC2)CC1. The van der Waals surface area contributed by atoms with Crippen molar-refractivity contribution in [3.8, 4) is 0 Å². The number of benzene rings is 1.